The van der Waals surface area contributed by atoms with E-state index in [9.17, 15) is 13.2 Å². The van der Waals surface area contributed by atoms with E-state index in [-0.39, 0.29) is 15.6 Å². The van der Waals surface area contributed by atoms with Crippen LogP contribution in [0.25, 0.3) is 0 Å². The Labute approximate surface area is 120 Å². The number of aromatic nitrogens is 2. The molecule has 2 rings (SSSR count). The molecule has 0 aliphatic rings. The molecule has 0 aliphatic heterocycles. The quantitative estimate of drug-likeness (QED) is 0.856. The number of carboxylic acid groups (broad SMARTS) is 1. The van der Waals surface area contributed by atoms with E-state index in [1.54, 1.807) is 0 Å². The second kappa shape index (κ2) is 5.23. The van der Waals surface area contributed by atoms with Crippen LogP contribution in [0.3, 0.4) is 0 Å². The van der Waals surface area contributed by atoms with Crippen molar-refractivity contribution in [2.45, 2.75) is 4.90 Å². The van der Waals surface area contributed by atoms with E-state index < -0.39 is 16.0 Å². The highest BCUT2D eigenvalue weighted by Crippen LogP contribution is 2.23. The zero-order chi connectivity index (χ0) is 14.0. The van der Waals surface area contributed by atoms with E-state index in [2.05, 4.69) is 30.6 Å². The summed E-state index contributed by atoms with van der Waals surface area (Å²) < 4.78 is 26.7. The van der Waals surface area contributed by atoms with Gasteiger partial charge in [0.15, 0.2) is 5.82 Å². The number of halogens is 1. The molecule has 0 unspecified atom stereocenters. The molecule has 2 aromatic rings. The maximum atomic E-state index is 12.0. The van der Waals surface area contributed by atoms with Gasteiger partial charge in [0.1, 0.15) is 14.4 Å². The van der Waals surface area contributed by atoms with Crippen LogP contribution in [-0.2, 0) is 10.0 Å². The largest absolute Gasteiger partial charge is 0.477 e. The van der Waals surface area contributed by atoms with E-state index in [4.69, 9.17) is 5.11 Å². The van der Waals surface area contributed by atoms with Crippen molar-refractivity contribution in [1.82, 2.24) is 9.97 Å². The molecule has 100 valence electrons. The number of thiophene rings is 1. The topological polar surface area (TPSA) is 109 Å². The lowest BCUT2D eigenvalue weighted by Gasteiger charge is -2.06. The Morgan fingerprint density at radius 1 is 1.37 bits per heavy atom. The second-order valence-electron chi connectivity index (χ2n) is 3.25. The summed E-state index contributed by atoms with van der Waals surface area (Å²) in [6.07, 6.45) is 2.54. The smallest absolute Gasteiger partial charge is 0.347 e. The Morgan fingerprint density at radius 2 is 2.11 bits per heavy atom. The summed E-state index contributed by atoms with van der Waals surface area (Å²) in [5.74, 6) is -1.29. The number of nitrogens with one attached hydrogen (secondary N) is 1. The van der Waals surface area contributed by atoms with E-state index in [1.807, 2.05) is 0 Å². The van der Waals surface area contributed by atoms with Gasteiger partial charge in [0.2, 0.25) is 0 Å². The predicted molar refractivity (Wildman–Crippen MR) is 71.8 cm³/mol. The number of rotatable bonds is 4. The zero-order valence-corrected chi connectivity index (χ0v) is 12.3. The minimum Gasteiger partial charge on any atom is -0.477 e. The van der Waals surface area contributed by atoms with Crippen molar-refractivity contribution in [2.75, 3.05) is 4.72 Å². The predicted octanol–water partition coefficient (Wildman–Crippen LogP) is 1.80. The molecule has 2 aromatic heterocycles. The van der Waals surface area contributed by atoms with Gasteiger partial charge in [-0.2, -0.15) is 0 Å². The van der Waals surface area contributed by atoms with Crippen LogP contribution in [0.15, 0.2) is 33.3 Å². The molecular weight excluding hydrogens is 358 g/mol. The number of anilines is 1. The minimum absolute atomic E-state index is 0.00531. The van der Waals surface area contributed by atoms with Crippen molar-refractivity contribution < 1.29 is 18.3 Å². The molecular formula is C9H6BrN3O4S2. The van der Waals surface area contributed by atoms with Crippen LogP contribution in [0.1, 0.15) is 9.67 Å². The molecule has 0 saturated carbocycles. The third-order valence-corrected chi connectivity index (χ3v) is 4.81. The first-order chi connectivity index (χ1) is 8.90. The molecule has 0 atom stereocenters. The van der Waals surface area contributed by atoms with Gasteiger partial charge in [-0.3, -0.25) is 4.72 Å². The molecule has 0 radical (unpaired) electrons. The van der Waals surface area contributed by atoms with E-state index in [0.717, 1.165) is 11.3 Å². The summed E-state index contributed by atoms with van der Waals surface area (Å²) in [6.45, 7) is 0. The van der Waals surface area contributed by atoms with E-state index in [0.29, 0.717) is 4.60 Å². The molecule has 0 bridgehead atoms. The van der Waals surface area contributed by atoms with Crippen LogP contribution < -0.4 is 4.72 Å². The molecule has 2 heterocycles. The van der Waals surface area contributed by atoms with Crippen LogP contribution >= 0.6 is 27.3 Å². The van der Waals surface area contributed by atoms with Crippen molar-refractivity contribution in [1.29, 1.82) is 0 Å². The van der Waals surface area contributed by atoms with Gasteiger partial charge in [0.05, 0.1) is 12.4 Å². The molecule has 2 N–H and O–H groups in total. The average molecular weight is 364 g/mol. The van der Waals surface area contributed by atoms with E-state index in [1.165, 1.54) is 23.8 Å². The fraction of sp³-hybridized carbons (Fsp3) is 0. The first-order valence-electron chi connectivity index (χ1n) is 4.71. The third-order valence-electron chi connectivity index (χ3n) is 1.97. The Hall–Kier alpha value is -1.52. The fourth-order valence-corrected chi connectivity index (χ4v) is 3.68. The number of hydrogen-bond donors (Lipinski definition) is 2. The highest BCUT2D eigenvalue weighted by molar-refractivity contribution is 9.10. The summed E-state index contributed by atoms with van der Waals surface area (Å²) in [7, 11) is -4.00. The number of hydrogen-bond acceptors (Lipinski definition) is 6. The van der Waals surface area contributed by atoms with Gasteiger partial charge in [0.25, 0.3) is 10.0 Å². The van der Waals surface area contributed by atoms with Gasteiger partial charge in [-0.05, 0) is 27.4 Å². The average Bonchev–Trinajstić information content (AvgIpc) is 2.82. The summed E-state index contributed by atoms with van der Waals surface area (Å²) in [5, 5.41) is 10.3. The first kappa shape index (κ1) is 13.9. The Kier molecular flexibility index (Phi) is 3.83. The fourth-order valence-electron chi connectivity index (χ4n) is 1.22. The highest BCUT2D eigenvalue weighted by atomic mass is 79.9. The lowest BCUT2D eigenvalue weighted by molar-refractivity contribution is 0.0698. The second-order valence-corrected chi connectivity index (χ2v) is 6.63. The Bertz CT molecular complexity index is 711. The SMILES string of the molecule is O=C(O)c1sccc1S(=O)(=O)Nc1cnc(Br)cn1. The highest BCUT2D eigenvalue weighted by Gasteiger charge is 2.24. The molecule has 0 fully saturated rings. The van der Waals surface area contributed by atoms with Crippen LogP contribution in [0, 0.1) is 0 Å². The molecule has 7 nitrogen and oxygen atoms in total. The number of sulfonamides is 1. The first-order valence-corrected chi connectivity index (χ1v) is 7.87. The van der Waals surface area contributed by atoms with Crippen molar-refractivity contribution in [3.63, 3.8) is 0 Å². The summed E-state index contributed by atoms with van der Waals surface area (Å²) in [5.41, 5.74) is 0. The monoisotopic (exact) mass is 363 g/mol. The number of carboxylic acids is 1. The van der Waals surface area contributed by atoms with Gasteiger partial charge >= 0.3 is 5.97 Å². The summed E-state index contributed by atoms with van der Waals surface area (Å²) in [4.78, 5) is 18.0. The van der Waals surface area contributed by atoms with Crippen molar-refractivity contribution in [2.24, 2.45) is 0 Å². The van der Waals surface area contributed by atoms with Gasteiger partial charge < -0.3 is 5.11 Å². The van der Waals surface area contributed by atoms with Crippen molar-refractivity contribution in [3.8, 4) is 0 Å². The van der Waals surface area contributed by atoms with E-state index >= 15 is 0 Å². The third kappa shape index (κ3) is 3.08. The standard InChI is InChI=1S/C9H6BrN3O4S2/c10-6-3-12-7(4-11-6)13-19(16,17)5-1-2-18-8(5)9(14)15/h1-4H,(H,12,13)(H,14,15). The van der Waals surface area contributed by atoms with Crippen LogP contribution in [0.4, 0.5) is 5.82 Å². The van der Waals surface area contributed by atoms with Crippen molar-refractivity contribution >= 4 is 49.1 Å². The molecule has 0 amide bonds. The zero-order valence-electron chi connectivity index (χ0n) is 9.07. The number of aromatic carboxylic acids is 1. The molecule has 0 saturated heterocycles. The Morgan fingerprint density at radius 3 is 2.68 bits per heavy atom. The lowest BCUT2D eigenvalue weighted by atomic mass is 10.5. The maximum absolute atomic E-state index is 12.0. The van der Waals surface area contributed by atoms with Gasteiger partial charge in [-0.15, -0.1) is 11.3 Å². The molecule has 0 aliphatic carbocycles. The van der Waals surface area contributed by atoms with Crippen LogP contribution in [0.5, 0.6) is 0 Å². The number of carbonyl (C=O) groups is 1. The molecule has 10 heteroatoms. The Balaban J connectivity index is 2.35. The molecule has 19 heavy (non-hydrogen) atoms. The lowest BCUT2D eigenvalue weighted by Crippen LogP contribution is -2.16. The molecule has 0 aromatic carbocycles. The van der Waals surface area contributed by atoms with Crippen molar-refractivity contribution in [3.05, 3.63) is 33.3 Å². The van der Waals surface area contributed by atoms with Gasteiger partial charge in [-0.1, -0.05) is 0 Å². The maximum Gasteiger partial charge on any atom is 0.347 e. The van der Waals surface area contributed by atoms with Gasteiger partial charge in [0, 0.05) is 0 Å². The normalized spacial score (nSPS) is 11.2. The summed E-state index contributed by atoms with van der Waals surface area (Å²) in [6, 6.07) is 1.22. The van der Waals surface area contributed by atoms with Crippen LogP contribution in [-0.4, -0.2) is 29.5 Å². The minimum atomic E-state index is -4.00. The summed E-state index contributed by atoms with van der Waals surface area (Å²) >= 11 is 3.90. The van der Waals surface area contributed by atoms with Gasteiger partial charge in [-0.25, -0.2) is 23.2 Å². The van der Waals surface area contributed by atoms with Crippen LogP contribution in [0.2, 0.25) is 0 Å². The molecule has 0 spiro atoms. The number of nitrogens with zero attached hydrogens (tertiary/aromatic N) is 2.